The van der Waals surface area contributed by atoms with Gasteiger partial charge in [-0.05, 0) is 62.1 Å². The highest BCUT2D eigenvalue weighted by atomic mass is 16.5. The van der Waals surface area contributed by atoms with Gasteiger partial charge in [-0.2, -0.15) is 4.98 Å². The SMILES string of the molecule is COc1ccc(-c2noc(CN(CC(C)C)C(=O)[C@H]3CCCN(c4ccc(C)cc4)C3)n2)cc1. The number of hydrogen-bond donors (Lipinski definition) is 0. The van der Waals surface area contributed by atoms with Crippen LogP contribution in [-0.2, 0) is 11.3 Å². The molecule has 0 radical (unpaired) electrons. The number of ether oxygens (including phenoxy) is 1. The van der Waals surface area contributed by atoms with Gasteiger partial charge in [-0.1, -0.05) is 36.7 Å². The largest absolute Gasteiger partial charge is 0.497 e. The number of rotatable bonds is 8. The lowest BCUT2D eigenvalue weighted by Crippen LogP contribution is -2.45. The van der Waals surface area contributed by atoms with Gasteiger partial charge in [0.2, 0.25) is 17.6 Å². The third kappa shape index (κ3) is 5.76. The minimum absolute atomic E-state index is 0.0437. The fraction of sp³-hybridized carbons (Fsp3) is 0.444. The number of nitrogens with zero attached hydrogens (tertiary/aromatic N) is 4. The third-order valence-corrected chi connectivity index (χ3v) is 6.21. The highest BCUT2D eigenvalue weighted by Gasteiger charge is 2.31. The summed E-state index contributed by atoms with van der Waals surface area (Å²) in [5.74, 6) is 2.19. The lowest BCUT2D eigenvalue weighted by molar-refractivity contribution is -0.137. The lowest BCUT2D eigenvalue weighted by Gasteiger charge is -2.36. The molecule has 0 aliphatic carbocycles. The number of aromatic nitrogens is 2. The summed E-state index contributed by atoms with van der Waals surface area (Å²) >= 11 is 0. The van der Waals surface area contributed by atoms with Gasteiger partial charge in [0.15, 0.2) is 0 Å². The molecule has 2 aromatic carbocycles. The van der Waals surface area contributed by atoms with Gasteiger partial charge in [0, 0.05) is 30.9 Å². The van der Waals surface area contributed by atoms with E-state index < -0.39 is 0 Å². The minimum Gasteiger partial charge on any atom is -0.497 e. The van der Waals surface area contributed by atoms with Crippen LogP contribution in [0.15, 0.2) is 53.1 Å². The molecule has 3 aromatic rings. The zero-order valence-electron chi connectivity index (χ0n) is 20.5. The molecule has 1 saturated heterocycles. The summed E-state index contributed by atoms with van der Waals surface area (Å²) in [4.78, 5) is 22.4. The summed E-state index contributed by atoms with van der Waals surface area (Å²) in [6, 6.07) is 16.1. The lowest BCUT2D eigenvalue weighted by atomic mass is 9.95. The first kappa shape index (κ1) is 23.8. The van der Waals surface area contributed by atoms with Gasteiger partial charge in [-0.25, -0.2) is 0 Å². The van der Waals surface area contributed by atoms with Crippen LogP contribution in [0, 0.1) is 18.8 Å². The van der Waals surface area contributed by atoms with E-state index in [1.54, 1.807) is 7.11 Å². The Morgan fingerprint density at radius 1 is 1.18 bits per heavy atom. The van der Waals surface area contributed by atoms with Crippen molar-refractivity contribution in [3.63, 3.8) is 0 Å². The molecule has 1 fully saturated rings. The van der Waals surface area contributed by atoms with Crippen LogP contribution in [0.1, 0.15) is 38.1 Å². The number of methoxy groups -OCH3 is 1. The van der Waals surface area contributed by atoms with E-state index in [-0.39, 0.29) is 11.8 Å². The Morgan fingerprint density at radius 3 is 2.59 bits per heavy atom. The Hall–Kier alpha value is -3.35. The molecule has 0 N–H and O–H groups in total. The van der Waals surface area contributed by atoms with Crippen LogP contribution in [0.3, 0.4) is 0 Å². The fourth-order valence-electron chi connectivity index (χ4n) is 4.44. The van der Waals surface area contributed by atoms with Crippen LogP contribution in [-0.4, -0.2) is 47.7 Å². The van der Waals surface area contributed by atoms with Crippen LogP contribution in [0.25, 0.3) is 11.4 Å². The second-order valence-electron chi connectivity index (χ2n) is 9.47. The average molecular weight is 463 g/mol. The maximum Gasteiger partial charge on any atom is 0.246 e. The molecule has 0 bridgehead atoms. The van der Waals surface area contributed by atoms with Gasteiger partial charge in [0.25, 0.3) is 0 Å². The van der Waals surface area contributed by atoms with Crippen molar-refractivity contribution < 1.29 is 14.1 Å². The first-order valence-corrected chi connectivity index (χ1v) is 12.0. The summed E-state index contributed by atoms with van der Waals surface area (Å²) in [5, 5.41) is 4.13. The number of hydrogen-bond acceptors (Lipinski definition) is 6. The quantitative estimate of drug-likeness (QED) is 0.471. The maximum atomic E-state index is 13.6. The first-order chi connectivity index (χ1) is 16.4. The van der Waals surface area contributed by atoms with Gasteiger partial charge in [-0.15, -0.1) is 0 Å². The van der Waals surface area contributed by atoms with Gasteiger partial charge in [-0.3, -0.25) is 4.79 Å². The van der Waals surface area contributed by atoms with E-state index in [1.807, 2.05) is 29.2 Å². The van der Waals surface area contributed by atoms with E-state index in [2.05, 4.69) is 60.1 Å². The van der Waals surface area contributed by atoms with Crippen molar-refractivity contribution in [2.24, 2.45) is 11.8 Å². The molecule has 0 spiro atoms. The van der Waals surface area contributed by atoms with Gasteiger partial charge < -0.3 is 19.1 Å². The first-order valence-electron chi connectivity index (χ1n) is 12.0. The zero-order chi connectivity index (χ0) is 24.1. The highest BCUT2D eigenvalue weighted by molar-refractivity contribution is 5.79. The van der Waals surface area contributed by atoms with Gasteiger partial charge in [0.05, 0.1) is 13.0 Å². The van der Waals surface area contributed by atoms with Gasteiger partial charge in [0.1, 0.15) is 12.3 Å². The smallest absolute Gasteiger partial charge is 0.246 e. The molecular weight excluding hydrogens is 428 g/mol. The van der Waals surface area contributed by atoms with Crippen molar-refractivity contribution in [2.75, 3.05) is 31.6 Å². The van der Waals surface area contributed by atoms with Crippen LogP contribution in [0.2, 0.25) is 0 Å². The second kappa shape index (κ2) is 10.7. The Bertz CT molecular complexity index is 1080. The van der Waals surface area contributed by atoms with E-state index >= 15 is 0 Å². The molecule has 2 heterocycles. The number of carbonyl (C=O) groups is 1. The Kier molecular flexibility index (Phi) is 7.50. The molecule has 1 aliphatic heterocycles. The number of piperidine rings is 1. The molecule has 0 saturated carbocycles. The Morgan fingerprint density at radius 2 is 1.91 bits per heavy atom. The Labute approximate surface area is 201 Å². The van der Waals surface area contributed by atoms with Crippen molar-refractivity contribution in [3.05, 3.63) is 60.0 Å². The summed E-state index contributed by atoms with van der Waals surface area (Å²) < 4.78 is 10.7. The summed E-state index contributed by atoms with van der Waals surface area (Å²) in [6.07, 6.45) is 1.90. The number of benzene rings is 2. The van der Waals surface area contributed by atoms with E-state index in [1.165, 1.54) is 11.3 Å². The highest BCUT2D eigenvalue weighted by Crippen LogP contribution is 2.26. The molecule has 180 valence electrons. The molecule has 7 heteroatoms. The van der Waals surface area contributed by atoms with Crippen molar-refractivity contribution in [3.8, 4) is 17.1 Å². The van der Waals surface area contributed by atoms with Crippen LogP contribution < -0.4 is 9.64 Å². The monoisotopic (exact) mass is 462 g/mol. The fourth-order valence-corrected chi connectivity index (χ4v) is 4.44. The standard InChI is InChI=1S/C27H34N4O3/c1-19(2)16-31(18-25-28-26(29-34-25)21-9-13-24(33-4)14-10-21)27(32)22-6-5-15-30(17-22)23-11-7-20(3)8-12-23/h7-14,19,22H,5-6,15-18H2,1-4H3/t22-/m0/s1. The topological polar surface area (TPSA) is 71.7 Å². The van der Waals surface area contributed by atoms with E-state index in [4.69, 9.17) is 9.26 Å². The van der Waals surface area contributed by atoms with E-state index in [0.29, 0.717) is 30.7 Å². The molecule has 1 atom stereocenters. The molecular formula is C27H34N4O3. The molecule has 4 rings (SSSR count). The van der Waals surface area contributed by atoms with E-state index in [0.717, 1.165) is 37.2 Å². The van der Waals surface area contributed by atoms with Gasteiger partial charge >= 0.3 is 0 Å². The molecule has 0 unspecified atom stereocenters. The molecule has 1 aliphatic rings. The van der Waals surface area contributed by atoms with Crippen LogP contribution in [0.5, 0.6) is 5.75 Å². The number of amides is 1. The normalized spacial score (nSPS) is 16.0. The summed E-state index contributed by atoms with van der Waals surface area (Å²) in [7, 11) is 1.63. The maximum absolute atomic E-state index is 13.6. The van der Waals surface area contributed by atoms with Crippen LogP contribution in [0.4, 0.5) is 5.69 Å². The van der Waals surface area contributed by atoms with Crippen molar-refractivity contribution in [2.45, 2.75) is 40.2 Å². The Balaban J connectivity index is 1.46. The zero-order valence-corrected chi connectivity index (χ0v) is 20.5. The third-order valence-electron chi connectivity index (χ3n) is 6.21. The average Bonchev–Trinajstić information content (AvgIpc) is 3.32. The predicted molar refractivity (Wildman–Crippen MR) is 133 cm³/mol. The molecule has 1 aromatic heterocycles. The predicted octanol–water partition coefficient (Wildman–Crippen LogP) is 4.95. The van der Waals surface area contributed by atoms with Crippen molar-refractivity contribution in [1.82, 2.24) is 15.0 Å². The number of carbonyl (C=O) groups excluding carboxylic acids is 1. The molecule has 34 heavy (non-hydrogen) atoms. The molecule has 7 nitrogen and oxygen atoms in total. The summed E-state index contributed by atoms with van der Waals surface area (Å²) in [5.41, 5.74) is 3.27. The number of anilines is 1. The molecule has 1 amide bonds. The van der Waals surface area contributed by atoms with E-state index in [9.17, 15) is 4.79 Å². The summed E-state index contributed by atoms with van der Waals surface area (Å²) in [6.45, 7) is 9.02. The number of aryl methyl sites for hydroxylation is 1. The van der Waals surface area contributed by atoms with Crippen molar-refractivity contribution in [1.29, 1.82) is 0 Å². The van der Waals surface area contributed by atoms with Crippen LogP contribution >= 0.6 is 0 Å². The second-order valence-corrected chi connectivity index (χ2v) is 9.47. The van der Waals surface area contributed by atoms with Crippen molar-refractivity contribution >= 4 is 11.6 Å². The minimum atomic E-state index is -0.0437.